The van der Waals surface area contributed by atoms with Crippen molar-refractivity contribution in [2.24, 2.45) is 5.92 Å². The molecule has 1 fully saturated rings. The van der Waals surface area contributed by atoms with Crippen LogP contribution in [0, 0.1) is 5.92 Å². The van der Waals surface area contributed by atoms with E-state index in [9.17, 15) is 32.1 Å². The lowest BCUT2D eigenvalue weighted by molar-refractivity contribution is -0.148. The Morgan fingerprint density at radius 3 is 2.48 bits per heavy atom. The number of hydrogen-bond donors (Lipinski definition) is 2. The van der Waals surface area contributed by atoms with Gasteiger partial charge in [-0.3, -0.25) is 4.79 Å². The molecule has 0 bridgehead atoms. The van der Waals surface area contributed by atoms with Crippen LogP contribution in [0.5, 0.6) is 5.75 Å². The molecule has 1 aromatic rings. The van der Waals surface area contributed by atoms with E-state index in [0.717, 1.165) is 4.90 Å². The molecule has 7 nitrogen and oxygen atoms in total. The Hall–Kier alpha value is -2.16. The summed E-state index contributed by atoms with van der Waals surface area (Å²) in [6.07, 6.45) is -0.182. The van der Waals surface area contributed by atoms with Gasteiger partial charge in [0.2, 0.25) is 5.91 Å². The third-order valence-corrected chi connectivity index (χ3v) is 4.57. The number of carboxylic acid groups (broad SMARTS) is 1. The second-order valence-electron chi connectivity index (χ2n) is 5.55. The normalized spacial score (nSPS) is 19.8. The summed E-state index contributed by atoms with van der Waals surface area (Å²) in [4.78, 5) is 24.5. The van der Waals surface area contributed by atoms with Crippen molar-refractivity contribution in [2.45, 2.75) is 18.9 Å². The maximum atomic E-state index is 12.7. The minimum atomic E-state index is -4.72. The maximum Gasteiger partial charge on any atom is 0.326 e. The second-order valence-corrected chi connectivity index (χ2v) is 6.96. The number of benzene rings is 1. The van der Waals surface area contributed by atoms with E-state index in [0.29, 0.717) is 5.56 Å². The summed E-state index contributed by atoms with van der Waals surface area (Å²) in [6, 6.07) is 4.71. The summed E-state index contributed by atoms with van der Waals surface area (Å²) >= 11 is 0. The number of amides is 1. The predicted molar refractivity (Wildman–Crippen MR) is 77.9 cm³/mol. The summed E-state index contributed by atoms with van der Waals surface area (Å²) in [5.74, 6) is -3.24. The number of carbonyl (C=O) groups excluding carboxylic acids is 1. The highest BCUT2D eigenvalue weighted by molar-refractivity contribution is 7.86. The van der Waals surface area contributed by atoms with Gasteiger partial charge in [-0.25, -0.2) is 4.79 Å². The first-order chi connectivity index (χ1) is 10.7. The molecule has 0 aliphatic carbocycles. The summed E-state index contributed by atoms with van der Waals surface area (Å²) < 4.78 is 34.1. The summed E-state index contributed by atoms with van der Waals surface area (Å²) in [7, 11) is -4.72. The molecule has 0 radical (unpaired) electrons. The zero-order chi connectivity index (χ0) is 17.2. The minimum Gasteiger partial charge on any atom is -0.508 e. The first-order valence-corrected chi connectivity index (χ1v) is 8.43. The highest BCUT2D eigenvalue weighted by Crippen LogP contribution is 2.24. The number of aliphatic carboxylic acids is 1. The van der Waals surface area contributed by atoms with Gasteiger partial charge in [0.25, 0.3) is 0 Å². The highest BCUT2D eigenvalue weighted by atomic mass is 32.3. The summed E-state index contributed by atoms with van der Waals surface area (Å²) in [5, 5.41) is 18.6. The number of rotatable bonds is 6. The van der Waals surface area contributed by atoms with Crippen molar-refractivity contribution in [3.63, 3.8) is 0 Å². The average Bonchev–Trinajstić information content (AvgIpc) is 2.76. The number of aromatic hydroxyl groups is 1. The Labute approximate surface area is 132 Å². The van der Waals surface area contributed by atoms with Crippen LogP contribution in [0.3, 0.4) is 0 Å². The molecule has 2 unspecified atom stereocenters. The van der Waals surface area contributed by atoms with E-state index in [-0.39, 0.29) is 25.1 Å². The zero-order valence-electron chi connectivity index (χ0n) is 12.1. The Bertz CT molecular complexity index is 702. The van der Waals surface area contributed by atoms with Crippen LogP contribution in [-0.4, -0.2) is 53.7 Å². The SMILES string of the molecule is O=C(O)C(Cc1ccc(O)cc1)N1CC(CS(=O)(=O)F)CC1=O. The van der Waals surface area contributed by atoms with Crippen molar-refractivity contribution < 1.29 is 32.1 Å². The van der Waals surface area contributed by atoms with E-state index in [1.54, 1.807) is 0 Å². The fourth-order valence-corrected chi connectivity index (χ4v) is 3.48. The number of carboxylic acids is 1. The smallest absolute Gasteiger partial charge is 0.326 e. The number of hydrogen-bond acceptors (Lipinski definition) is 5. The van der Waals surface area contributed by atoms with E-state index in [1.165, 1.54) is 24.3 Å². The number of nitrogens with zero attached hydrogens (tertiary/aromatic N) is 1. The Morgan fingerprint density at radius 2 is 1.96 bits per heavy atom. The topological polar surface area (TPSA) is 112 Å². The van der Waals surface area contributed by atoms with Crippen molar-refractivity contribution in [1.82, 2.24) is 4.90 Å². The van der Waals surface area contributed by atoms with Gasteiger partial charge in [-0.1, -0.05) is 12.1 Å². The monoisotopic (exact) mass is 345 g/mol. The fourth-order valence-electron chi connectivity index (χ4n) is 2.69. The number of carbonyl (C=O) groups is 2. The molecule has 1 aliphatic heterocycles. The summed E-state index contributed by atoms with van der Waals surface area (Å²) in [5.41, 5.74) is 0.601. The molecule has 2 atom stereocenters. The van der Waals surface area contributed by atoms with Crippen LogP contribution in [0.1, 0.15) is 12.0 Å². The van der Waals surface area contributed by atoms with Crippen molar-refractivity contribution in [3.05, 3.63) is 29.8 Å². The van der Waals surface area contributed by atoms with Crippen LogP contribution >= 0.6 is 0 Å². The number of likely N-dealkylation sites (tertiary alicyclic amines) is 1. The molecule has 2 N–H and O–H groups in total. The van der Waals surface area contributed by atoms with Crippen LogP contribution in [-0.2, 0) is 26.2 Å². The lowest BCUT2D eigenvalue weighted by Gasteiger charge is -2.24. The molecule has 0 aromatic heterocycles. The molecule has 0 spiro atoms. The van der Waals surface area contributed by atoms with E-state index >= 15 is 0 Å². The van der Waals surface area contributed by atoms with Gasteiger partial charge in [-0.2, -0.15) is 8.42 Å². The largest absolute Gasteiger partial charge is 0.508 e. The molecule has 0 saturated carbocycles. The third-order valence-electron chi connectivity index (χ3n) is 3.70. The molecule has 23 heavy (non-hydrogen) atoms. The molecular weight excluding hydrogens is 329 g/mol. The van der Waals surface area contributed by atoms with E-state index in [4.69, 9.17) is 0 Å². The van der Waals surface area contributed by atoms with Gasteiger partial charge < -0.3 is 15.1 Å². The average molecular weight is 345 g/mol. The molecule has 9 heteroatoms. The van der Waals surface area contributed by atoms with Crippen LogP contribution in [0.25, 0.3) is 0 Å². The van der Waals surface area contributed by atoms with E-state index in [1.807, 2.05) is 0 Å². The lowest BCUT2D eigenvalue weighted by atomic mass is 10.0. The Balaban J connectivity index is 2.13. The lowest BCUT2D eigenvalue weighted by Crippen LogP contribution is -2.43. The molecule has 1 saturated heterocycles. The fraction of sp³-hybridized carbons (Fsp3) is 0.429. The van der Waals surface area contributed by atoms with Crippen molar-refractivity contribution in [1.29, 1.82) is 0 Å². The second kappa shape index (κ2) is 6.53. The Kier molecular flexibility index (Phi) is 4.88. The third kappa shape index (κ3) is 4.65. The van der Waals surface area contributed by atoms with Crippen molar-refractivity contribution in [2.75, 3.05) is 12.3 Å². The molecule has 1 amide bonds. The van der Waals surface area contributed by atoms with Gasteiger partial charge in [-0.15, -0.1) is 3.89 Å². The van der Waals surface area contributed by atoms with Crippen molar-refractivity contribution >= 4 is 22.1 Å². The van der Waals surface area contributed by atoms with Crippen LogP contribution in [0.15, 0.2) is 24.3 Å². The van der Waals surface area contributed by atoms with Crippen LogP contribution < -0.4 is 0 Å². The maximum absolute atomic E-state index is 12.7. The van der Waals surface area contributed by atoms with Crippen LogP contribution in [0.4, 0.5) is 3.89 Å². The highest BCUT2D eigenvalue weighted by Gasteiger charge is 2.39. The first kappa shape index (κ1) is 17.2. The molecule has 1 aliphatic rings. The molecule has 126 valence electrons. The first-order valence-electron chi connectivity index (χ1n) is 6.88. The number of phenols is 1. The van der Waals surface area contributed by atoms with E-state index in [2.05, 4.69) is 0 Å². The van der Waals surface area contributed by atoms with Gasteiger partial charge in [0.05, 0.1) is 5.75 Å². The molecule has 2 rings (SSSR count). The van der Waals surface area contributed by atoms with Gasteiger partial charge in [0, 0.05) is 25.3 Å². The van der Waals surface area contributed by atoms with Gasteiger partial charge >= 0.3 is 16.2 Å². The van der Waals surface area contributed by atoms with E-state index < -0.39 is 39.8 Å². The zero-order valence-corrected chi connectivity index (χ0v) is 12.9. The van der Waals surface area contributed by atoms with Gasteiger partial charge in [0.15, 0.2) is 0 Å². The number of halogens is 1. The summed E-state index contributed by atoms with van der Waals surface area (Å²) in [6.45, 7) is -0.114. The predicted octanol–water partition coefficient (Wildman–Crippen LogP) is 0.536. The number of phenolic OH excluding ortho intramolecular Hbond substituents is 1. The Morgan fingerprint density at radius 1 is 1.35 bits per heavy atom. The molecule has 1 heterocycles. The van der Waals surface area contributed by atoms with Crippen LogP contribution in [0.2, 0.25) is 0 Å². The molecular formula is C14H16FNO6S. The van der Waals surface area contributed by atoms with Gasteiger partial charge in [0.1, 0.15) is 11.8 Å². The quantitative estimate of drug-likeness (QED) is 0.728. The minimum absolute atomic E-state index is 0.0104. The van der Waals surface area contributed by atoms with Crippen molar-refractivity contribution in [3.8, 4) is 5.75 Å². The standard InChI is InChI=1S/C14H16FNO6S/c15-23(21,22)8-10-6-13(18)16(7-10)12(14(19)20)5-9-1-3-11(17)4-2-9/h1-4,10,12,17H,5-8H2,(H,19,20). The molecule has 1 aromatic carbocycles. The van der Waals surface area contributed by atoms with Gasteiger partial charge in [-0.05, 0) is 17.7 Å².